The van der Waals surface area contributed by atoms with Gasteiger partial charge in [-0.25, -0.2) is 4.79 Å². The molecule has 0 aliphatic heterocycles. The van der Waals surface area contributed by atoms with Crippen molar-refractivity contribution in [3.63, 3.8) is 0 Å². The molecule has 0 fully saturated rings. The predicted molar refractivity (Wildman–Crippen MR) is 75.4 cm³/mol. The van der Waals surface area contributed by atoms with Gasteiger partial charge in [0.1, 0.15) is 0 Å². The molecule has 2 aromatic rings. The van der Waals surface area contributed by atoms with E-state index in [9.17, 15) is 19.7 Å². The minimum Gasteiger partial charge on any atom is -0.292 e. The van der Waals surface area contributed by atoms with Crippen LogP contribution in [0.5, 0.6) is 0 Å². The van der Waals surface area contributed by atoms with Gasteiger partial charge < -0.3 is 0 Å². The summed E-state index contributed by atoms with van der Waals surface area (Å²) in [5.74, 6) is -0.502. The highest BCUT2D eigenvalue weighted by Gasteiger charge is 2.20. The molecule has 21 heavy (non-hydrogen) atoms. The van der Waals surface area contributed by atoms with Crippen molar-refractivity contribution in [1.82, 2.24) is 9.55 Å². The van der Waals surface area contributed by atoms with Gasteiger partial charge in [-0.15, -0.1) is 0 Å². The Morgan fingerprint density at radius 2 is 2.00 bits per heavy atom. The van der Waals surface area contributed by atoms with Crippen molar-refractivity contribution in [2.45, 2.75) is 20.4 Å². The smallest absolute Gasteiger partial charge is 0.292 e. The van der Waals surface area contributed by atoms with Crippen LogP contribution >= 0.6 is 0 Å². The Morgan fingerprint density at radius 3 is 2.62 bits per heavy atom. The Morgan fingerprint density at radius 1 is 1.33 bits per heavy atom. The van der Waals surface area contributed by atoms with Gasteiger partial charge in [-0.3, -0.25) is 19.5 Å². The fourth-order valence-electron chi connectivity index (χ4n) is 2.06. The van der Waals surface area contributed by atoms with Crippen LogP contribution in [0.25, 0.3) is 0 Å². The molecule has 0 aliphatic rings. The van der Waals surface area contributed by atoms with E-state index in [4.69, 9.17) is 0 Å². The Hall–Kier alpha value is -2.83. The molecule has 0 aliphatic carbocycles. The third-order valence-electron chi connectivity index (χ3n) is 3.05. The van der Waals surface area contributed by atoms with Gasteiger partial charge in [0.15, 0.2) is 5.78 Å². The van der Waals surface area contributed by atoms with Crippen LogP contribution in [-0.2, 0) is 6.54 Å². The topological polar surface area (TPSA) is 95.1 Å². The molecule has 0 N–H and O–H groups in total. The number of aromatic nitrogens is 2. The molecule has 0 saturated heterocycles. The molecule has 0 amide bonds. The molecule has 1 aromatic carbocycles. The highest BCUT2D eigenvalue weighted by molar-refractivity contribution is 5.99. The second kappa shape index (κ2) is 5.66. The number of ketones is 1. The fourth-order valence-corrected chi connectivity index (χ4v) is 2.06. The van der Waals surface area contributed by atoms with E-state index in [-0.39, 0.29) is 17.8 Å². The molecular weight excluding hydrogens is 274 g/mol. The summed E-state index contributed by atoms with van der Waals surface area (Å²) in [4.78, 5) is 38.1. The van der Waals surface area contributed by atoms with E-state index in [1.165, 1.54) is 22.8 Å². The first kappa shape index (κ1) is 14.6. The molecule has 108 valence electrons. The standard InChI is InChI=1S/C14H13N3O4/c1-9-7-10(2)16(14(19)15-9)8-13(18)11-5-3-4-6-12(11)17(20)21/h3-7H,8H2,1-2H3. The number of aryl methyl sites for hydroxylation is 2. The average molecular weight is 287 g/mol. The Bertz CT molecular complexity index is 780. The van der Waals surface area contributed by atoms with Crippen LogP contribution in [0.15, 0.2) is 35.1 Å². The van der Waals surface area contributed by atoms with E-state index in [1.807, 2.05) is 0 Å². The number of benzene rings is 1. The van der Waals surface area contributed by atoms with Crippen LogP contribution in [0.3, 0.4) is 0 Å². The van der Waals surface area contributed by atoms with Crippen molar-refractivity contribution in [2.24, 2.45) is 0 Å². The number of nitro groups is 1. The summed E-state index contributed by atoms with van der Waals surface area (Å²) in [5.41, 5.74) is 0.313. The van der Waals surface area contributed by atoms with Crippen LogP contribution in [0.4, 0.5) is 5.69 Å². The number of carbonyl (C=O) groups is 1. The van der Waals surface area contributed by atoms with Crippen LogP contribution in [-0.4, -0.2) is 20.3 Å². The van der Waals surface area contributed by atoms with Gasteiger partial charge in [-0.2, -0.15) is 4.98 Å². The first-order chi connectivity index (χ1) is 9.90. The van der Waals surface area contributed by atoms with Crippen molar-refractivity contribution >= 4 is 11.5 Å². The maximum atomic E-state index is 12.2. The summed E-state index contributed by atoms with van der Waals surface area (Å²) < 4.78 is 1.20. The molecule has 0 bridgehead atoms. The predicted octanol–water partition coefficient (Wildman–Crippen LogP) is 1.65. The largest absolute Gasteiger partial charge is 0.348 e. The number of hydrogen-bond donors (Lipinski definition) is 0. The lowest BCUT2D eigenvalue weighted by molar-refractivity contribution is -0.385. The number of nitrogens with zero attached hydrogens (tertiary/aromatic N) is 3. The van der Waals surface area contributed by atoms with Gasteiger partial charge in [0.2, 0.25) is 0 Å². The minimum absolute atomic E-state index is 0.0191. The first-order valence-electron chi connectivity index (χ1n) is 6.22. The van der Waals surface area contributed by atoms with E-state index >= 15 is 0 Å². The van der Waals surface area contributed by atoms with E-state index in [0.29, 0.717) is 11.4 Å². The summed E-state index contributed by atoms with van der Waals surface area (Å²) in [7, 11) is 0. The molecule has 1 aromatic heterocycles. The van der Waals surface area contributed by atoms with Gasteiger partial charge in [0.05, 0.1) is 17.0 Å². The average Bonchev–Trinajstić information content (AvgIpc) is 2.42. The normalized spacial score (nSPS) is 10.4. The lowest BCUT2D eigenvalue weighted by Crippen LogP contribution is -2.29. The maximum Gasteiger partial charge on any atom is 0.348 e. The quantitative estimate of drug-likeness (QED) is 0.484. The second-order valence-electron chi connectivity index (χ2n) is 4.61. The van der Waals surface area contributed by atoms with Gasteiger partial charge >= 0.3 is 5.69 Å². The fraction of sp³-hybridized carbons (Fsp3) is 0.214. The summed E-state index contributed by atoms with van der Waals surface area (Å²) >= 11 is 0. The lowest BCUT2D eigenvalue weighted by atomic mass is 10.1. The van der Waals surface area contributed by atoms with Crippen molar-refractivity contribution in [3.05, 3.63) is 67.9 Å². The molecule has 2 rings (SSSR count). The molecule has 0 unspecified atom stereocenters. The zero-order chi connectivity index (χ0) is 15.6. The van der Waals surface area contributed by atoms with Crippen LogP contribution in [0.2, 0.25) is 0 Å². The van der Waals surface area contributed by atoms with E-state index in [1.54, 1.807) is 26.0 Å². The SMILES string of the molecule is Cc1cc(C)n(CC(=O)c2ccccc2[N+](=O)[O-])c(=O)n1. The molecule has 1 heterocycles. The number of nitro benzene ring substituents is 1. The molecule has 7 nitrogen and oxygen atoms in total. The van der Waals surface area contributed by atoms with Crippen LogP contribution < -0.4 is 5.69 Å². The highest BCUT2D eigenvalue weighted by atomic mass is 16.6. The number of para-hydroxylation sites is 1. The highest BCUT2D eigenvalue weighted by Crippen LogP contribution is 2.18. The summed E-state index contributed by atoms with van der Waals surface area (Å²) in [5, 5.41) is 10.9. The van der Waals surface area contributed by atoms with Crippen LogP contribution in [0.1, 0.15) is 21.7 Å². The summed E-state index contributed by atoms with van der Waals surface area (Å²) in [6, 6.07) is 7.34. The van der Waals surface area contributed by atoms with Crippen LogP contribution in [0, 0.1) is 24.0 Å². The zero-order valence-corrected chi connectivity index (χ0v) is 11.6. The molecule has 0 atom stereocenters. The van der Waals surface area contributed by atoms with Crippen molar-refractivity contribution < 1.29 is 9.72 Å². The summed E-state index contributed by atoms with van der Waals surface area (Å²) in [6.07, 6.45) is 0. The third kappa shape index (κ3) is 3.02. The summed E-state index contributed by atoms with van der Waals surface area (Å²) in [6.45, 7) is 3.09. The second-order valence-corrected chi connectivity index (χ2v) is 4.61. The monoisotopic (exact) mass is 287 g/mol. The minimum atomic E-state index is -0.615. The lowest BCUT2D eigenvalue weighted by Gasteiger charge is -2.09. The molecule has 7 heteroatoms. The third-order valence-corrected chi connectivity index (χ3v) is 3.05. The van der Waals surface area contributed by atoms with Gasteiger partial charge in [0.25, 0.3) is 5.69 Å². The number of rotatable bonds is 4. The van der Waals surface area contributed by atoms with Crippen molar-refractivity contribution in [2.75, 3.05) is 0 Å². The zero-order valence-electron chi connectivity index (χ0n) is 11.6. The molecule has 0 spiro atoms. The van der Waals surface area contributed by atoms with Crippen molar-refractivity contribution in [3.8, 4) is 0 Å². The van der Waals surface area contributed by atoms with E-state index in [0.717, 1.165) is 0 Å². The number of Topliss-reactive ketones (excluding diaryl/α,β-unsaturated/α-hetero) is 1. The molecular formula is C14H13N3O4. The molecule has 0 radical (unpaired) electrons. The van der Waals surface area contributed by atoms with Gasteiger partial charge in [0, 0.05) is 17.5 Å². The van der Waals surface area contributed by atoms with Crippen molar-refractivity contribution in [1.29, 1.82) is 0 Å². The van der Waals surface area contributed by atoms with Gasteiger partial charge in [-0.05, 0) is 26.0 Å². The Kier molecular flexibility index (Phi) is 3.93. The van der Waals surface area contributed by atoms with E-state index in [2.05, 4.69) is 4.98 Å². The first-order valence-corrected chi connectivity index (χ1v) is 6.22. The Labute approximate surface area is 120 Å². The number of hydrogen-bond acceptors (Lipinski definition) is 5. The van der Waals surface area contributed by atoms with E-state index < -0.39 is 16.4 Å². The maximum absolute atomic E-state index is 12.2. The van der Waals surface area contributed by atoms with Gasteiger partial charge in [-0.1, -0.05) is 12.1 Å². The Balaban J connectivity index is 2.40. The number of carbonyl (C=O) groups excluding carboxylic acids is 1. The molecule has 0 saturated carbocycles.